The molecule has 1 aromatic carbocycles. The molecular formula is C24H23F3N4O3. The highest BCUT2D eigenvalue weighted by Crippen LogP contribution is 2.36. The maximum absolute atomic E-state index is 13.0. The molecule has 0 saturated heterocycles. The first kappa shape index (κ1) is 22.4. The number of ketones is 1. The SMILES string of the molecule is O=C1CCC(n2cc3cc(NC(=O)c4cccc(C(F)(F)F)n4)c(OCC4CC4)cc3n2)CC1. The topological polar surface area (TPSA) is 86.1 Å². The number of halogens is 3. The molecule has 0 aliphatic heterocycles. The number of nitrogens with zero attached hydrogens (tertiary/aromatic N) is 3. The molecular weight excluding hydrogens is 449 g/mol. The second-order valence-corrected chi connectivity index (χ2v) is 8.90. The Kier molecular flexibility index (Phi) is 5.75. The second kappa shape index (κ2) is 8.73. The van der Waals surface area contributed by atoms with Crippen molar-refractivity contribution in [1.29, 1.82) is 0 Å². The van der Waals surface area contributed by atoms with E-state index in [0.717, 1.165) is 43.2 Å². The third-order valence-corrected chi connectivity index (χ3v) is 6.20. The van der Waals surface area contributed by atoms with Crippen LogP contribution in [0.1, 0.15) is 60.7 Å². The first-order valence-corrected chi connectivity index (χ1v) is 11.3. The Morgan fingerprint density at radius 3 is 2.62 bits per heavy atom. The van der Waals surface area contributed by atoms with Crippen molar-refractivity contribution in [2.75, 3.05) is 11.9 Å². The minimum atomic E-state index is -4.65. The number of nitrogens with one attached hydrogen (secondary N) is 1. The van der Waals surface area contributed by atoms with Gasteiger partial charge in [0, 0.05) is 30.5 Å². The van der Waals surface area contributed by atoms with Gasteiger partial charge in [-0.1, -0.05) is 6.07 Å². The molecule has 0 radical (unpaired) electrons. The zero-order valence-corrected chi connectivity index (χ0v) is 18.3. The Bertz CT molecular complexity index is 1240. The van der Waals surface area contributed by atoms with Crippen LogP contribution in [-0.4, -0.2) is 33.1 Å². The fraction of sp³-hybridized carbons (Fsp3) is 0.417. The molecule has 0 bridgehead atoms. The molecule has 1 amide bonds. The normalized spacial score (nSPS) is 17.2. The summed E-state index contributed by atoms with van der Waals surface area (Å²) in [5, 5.41) is 8.07. The third kappa shape index (κ3) is 4.90. The van der Waals surface area contributed by atoms with Crippen molar-refractivity contribution in [1.82, 2.24) is 14.8 Å². The van der Waals surface area contributed by atoms with Crippen molar-refractivity contribution in [3.8, 4) is 5.75 Å². The zero-order valence-electron chi connectivity index (χ0n) is 18.3. The average molecular weight is 472 g/mol. The van der Waals surface area contributed by atoms with E-state index in [1.807, 2.05) is 10.9 Å². The molecule has 2 saturated carbocycles. The van der Waals surface area contributed by atoms with Gasteiger partial charge in [0.15, 0.2) is 0 Å². The number of benzene rings is 1. The smallest absolute Gasteiger partial charge is 0.433 e. The highest BCUT2D eigenvalue weighted by atomic mass is 19.4. The number of alkyl halides is 3. The van der Waals surface area contributed by atoms with Gasteiger partial charge in [-0.3, -0.25) is 14.3 Å². The summed E-state index contributed by atoms with van der Waals surface area (Å²) in [6.07, 6.45) is 1.88. The molecule has 2 aliphatic carbocycles. The van der Waals surface area contributed by atoms with Crippen LogP contribution in [0.3, 0.4) is 0 Å². The van der Waals surface area contributed by atoms with Gasteiger partial charge in [0.1, 0.15) is 22.9 Å². The highest BCUT2D eigenvalue weighted by molar-refractivity contribution is 6.05. The molecule has 178 valence electrons. The summed E-state index contributed by atoms with van der Waals surface area (Å²) in [6.45, 7) is 0.488. The standard InChI is InChI=1S/C24H23F3N4O3/c25-24(26,27)22-3-1-2-18(28-22)23(33)29-20-10-15-12-31(16-6-8-17(32)9-7-16)30-19(15)11-21(20)34-13-14-4-5-14/h1-3,10-12,14,16H,4-9,13H2,(H,29,33). The quantitative estimate of drug-likeness (QED) is 0.535. The van der Waals surface area contributed by atoms with Crippen LogP contribution in [-0.2, 0) is 11.0 Å². The van der Waals surface area contributed by atoms with Crippen molar-refractivity contribution < 1.29 is 27.5 Å². The summed E-state index contributed by atoms with van der Waals surface area (Å²) < 4.78 is 46.8. The van der Waals surface area contributed by atoms with Crippen LogP contribution < -0.4 is 10.1 Å². The lowest BCUT2D eigenvalue weighted by Gasteiger charge is -2.20. The summed E-state index contributed by atoms with van der Waals surface area (Å²) in [5.41, 5.74) is -0.452. The molecule has 2 aliphatic rings. The zero-order chi connectivity index (χ0) is 23.9. The van der Waals surface area contributed by atoms with E-state index in [1.165, 1.54) is 6.07 Å². The van der Waals surface area contributed by atoms with Gasteiger partial charge in [-0.15, -0.1) is 0 Å². The maximum Gasteiger partial charge on any atom is 0.433 e. The number of pyridine rings is 1. The Morgan fingerprint density at radius 2 is 1.91 bits per heavy atom. The number of hydrogen-bond acceptors (Lipinski definition) is 5. The van der Waals surface area contributed by atoms with Crippen molar-refractivity contribution in [2.24, 2.45) is 5.92 Å². The number of anilines is 1. The van der Waals surface area contributed by atoms with Gasteiger partial charge in [-0.2, -0.15) is 18.3 Å². The van der Waals surface area contributed by atoms with E-state index >= 15 is 0 Å². The van der Waals surface area contributed by atoms with Crippen LogP contribution in [0.2, 0.25) is 0 Å². The summed E-state index contributed by atoms with van der Waals surface area (Å²) in [4.78, 5) is 27.8. The number of amides is 1. The molecule has 2 fully saturated rings. The van der Waals surface area contributed by atoms with Crippen LogP contribution in [0.4, 0.5) is 18.9 Å². The minimum Gasteiger partial charge on any atom is -0.491 e. The molecule has 3 aromatic rings. The Labute approximate surface area is 193 Å². The van der Waals surface area contributed by atoms with E-state index in [2.05, 4.69) is 15.4 Å². The van der Waals surface area contributed by atoms with Crippen LogP contribution >= 0.6 is 0 Å². The summed E-state index contributed by atoms with van der Waals surface area (Å²) in [5.74, 6) is 0.363. The van der Waals surface area contributed by atoms with Crippen molar-refractivity contribution >= 4 is 28.3 Å². The predicted octanol–water partition coefficient (Wildman–Crippen LogP) is 5.18. The van der Waals surface area contributed by atoms with E-state index in [9.17, 15) is 22.8 Å². The van der Waals surface area contributed by atoms with Gasteiger partial charge in [0.25, 0.3) is 5.91 Å². The van der Waals surface area contributed by atoms with Gasteiger partial charge in [0.2, 0.25) is 0 Å². The number of hydrogen-bond donors (Lipinski definition) is 1. The van der Waals surface area contributed by atoms with Crippen LogP contribution in [0.15, 0.2) is 36.5 Å². The first-order valence-electron chi connectivity index (χ1n) is 11.3. The molecule has 0 unspecified atom stereocenters. The van der Waals surface area contributed by atoms with Crippen LogP contribution in [0.25, 0.3) is 10.9 Å². The molecule has 34 heavy (non-hydrogen) atoms. The van der Waals surface area contributed by atoms with Crippen LogP contribution in [0, 0.1) is 5.92 Å². The first-order chi connectivity index (χ1) is 16.3. The lowest BCUT2D eigenvalue weighted by atomic mass is 9.95. The maximum atomic E-state index is 13.0. The monoisotopic (exact) mass is 472 g/mol. The second-order valence-electron chi connectivity index (χ2n) is 8.90. The highest BCUT2D eigenvalue weighted by Gasteiger charge is 2.33. The number of carbonyl (C=O) groups is 2. The Hall–Kier alpha value is -3.43. The van der Waals surface area contributed by atoms with E-state index < -0.39 is 17.8 Å². The number of ether oxygens (including phenoxy) is 1. The number of carbonyl (C=O) groups excluding carboxylic acids is 2. The van der Waals surface area contributed by atoms with Gasteiger partial charge in [-0.25, -0.2) is 4.98 Å². The van der Waals surface area contributed by atoms with Gasteiger partial charge in [0.05, 0.1) is 23.9 Å². The minimum absolute atomic E-state index is 0.119. The Morgan fingerprint density at radius 1 is 1.15 bits per heavy atom. The fourth-order valence-corrected chi connectivity index (χ4v) is 4.06. The molecule has 10 heteroatoms. The largest absolute Gasteiger partial charge is 0.491 e. The van der Waals surface area contributed by atoms with E-state index in [-0.39, 0.29) is 17.5 Å². The van der Waals surface area contributed by atoms with E-state index in [4.69, 9.17) is 4.74 Å². The van der Waals surface area contributed by atoms with Crippen LogP contribution in [0.5, 0.6) is 5.75 Å². The number of aromatic nitrogens is 3. The summed E-state index contributed by atoms with van der Waals surface area (Å²) >= 11 is 0. The molecule has 7 nitrogen and oxygen atoms in total. The van der Waals surface area contributed by atoms with E-state index in [1.54, 1.807) is 12.1 Å². The molecule has 5 rings (SSSR count). The molecule has 2 heterocycles. The summed E-state index contributed by atoms with van der Waals surface area (Å²) in [7, 11) is 0. The average Bonchev–Trinajstić information content (AvgIpc) is 3.55. The number of fused-ring (bicyclic) bond motifs is 1. The number of Topliss-reactive ketones (excluding diaryl/α,β-unsaturated/α-hetero) is 1. The van der Waals surface area contributed by atoms with Gasteiger partial charge < -0.3 is 10.1 Å². The fourth-order valence-electron chi connectivity index (χ4n) is 4.06. The molecule has 1 N–H and O–H groups in total. The van der Waals surface area contributed by atoms with Crippen molar-refractivity contribution in [3.63, 3.8) is 0 Å². The molecule has 0 spiro atoms. The lowest BCUT2D eigenvalue weighted by Crippen LogP contribution is -2.18. The van der Waals surface area contributed by atoms with Gasteiger partial charge >= 0.3 is 6.18 Å². The van der Waals surface area contributed by atoms with Gasteiger partial charge in [-0.05, 0) is 49.8 Å². The lowest BCUT2D eigenvalue weighted by molar-refractivity contribution is -0.141. The summed E-state index contributed by atoms with van der Waals surface area (Å²) in [6, 6.07) is 6.76. The third-order valence-electron chi connectivity index (χ3n) is 6.20. The van der Waals surface area contributed by atoms with E-state index in [0.29, 0.717) is 42.3 Å². The Balaban J connectivity index is 1.43. The van der Waals surface area contributed by atoms with Crippen molar-refractivity contribution in [2.45, 2.75) is 50.7 Å². The predicted molar refractivity (Wildman–Crippen MR) is 118 cm³/mol. The number of rotatable bonds is 6. The van der Waals surface area contributed by atoms with Crippen molar-refractivity contribution in [3.05, 3.63) is 47.9 Å². The molecule has 0 atom stereocenters. The molecule has 2 aromatic heterocycles.